The molecule has 136 valence electrons. The smallest absolute Gasteiger partial charge is 0.130 e. The van der Waals surface area contributed by atoms with E-state index in [0.29, 0.717) is 18.8 Å². The minimum atomic E-state index is -0.750. The van der Waals surface area contributed by atoms with Crippen molar-refractivity contribution in [2.45, 2.75) is 38.6 Å². The van der Waals surface area contributed by atoms with Crippen molar-refractivity contribution in [2.75, 3.05) is 13.7 Å². The van der Waals surface area contributed by atoms with Crippen LogP contribution in [0.5, 0.6) is 5.75 Å². The highest BCUT2D eigenvalue weighted by atomic mass is 16.5. The second kappa shape index (κ2) is 7.08. The van der Waals surface area contributed by atoms with Crippen LogP contribution in [0, 0.1) is 12.8 Å². The molecule has 3 aromatic rings. The molecule has 2 heterocycles. The number of aryl methyl sites for hydroxylation is 1. The van der Waals surface area contributed by atoms with Crippen molar-refractivity contribution < 1.29 is 11.2 Å². The Bertz CT molecular complexity index is 944. The van der Waals surface area contributed by atoms with Crippen LogP contribution in [0.15, 0.2) is 36.7 Å². The Morgan fingerprint density at radius 1 is 1.27 bits per heavy atom. The van der Waals surface area contributed by atoms with E-state index in [1.807, 2.05) is 43.6 Å². The largest absolute Gasteiger partial charge is 0.496 e. The van der Waals surface area contributed by atoms with E-state index in [1.54, 1.807) is 11.8 Å². The molecule has 5 nitrogen and oxygen atoms in total. The van der Waals surface area contributed by atoms with Crippen LogP contribution in [0.4, 0.5) is 0 Å². The molecule has 0 radical (unpaired) electrons. The van der Waals surface area contributed by atoms with Gasteiger partial charge in [-0.1, -0.05) is 6.07 Å². The Hall–Kier alpha value is -2.40. The molecule has 0 aliphatic heterocycles. The number of pyridine rings is 1. The second-order valence-corrected chi connectivity index (χ2v) is 7.10. The summed E-state index contributed by atoms with van der Waals surface area (Å²) in [6.45, 7) is 2.22. The lowest BCUT2D eigenvalue weighted by Gasteiger charge is -2.27. The fraction of sp³-hybridized carbons (Fsp3) is 0.429. The molecule has 0 bridgehead atoms. The van der Waals surface area contributed by atoms with Crippen molar-refractivity contribution in [3.8, 4) is 17.0 Å². The molecule has 0 spiro atoms. The van der Waals surface area contributed by atoms with Crippen molar-refractivity contribution in [2.24, 2.45) is 5.92 Å². The number of benzene rings is 1. The lowest BCUT2D eigenvalue weighted by Crippen LogP contribution is -2.20. The van der Waals surface area contributed by atoms with Crippen LogP contribution in [-0.2, 0) is 0 Å². The molecule has 0 unspecified atom stereocenters. The Labute approximate surface area is 155 Å². The third kappa shape index (κ3) is 3.19. The second-order valence-electron chi connectivity index (χ2n) is 7.10. The van der Waals surface area contributed by atoms with Crippen LogP contribution in [0.3, 0.4) is 0 Å². The van der Waals surface area contributed by atoms with Crippen molar-refractivity contribution in [3.05, 3.63) is 42.2 Å². The summed E-state index contributed by atoms with van der Waals surface area (Å²) in [6.07, 6.45) is 6.93. The zero-order valence-corrected chi connectivity index (χ0v) is 15.3. The highest BCUT2D eigenvalue weighted by Crippen LogP contribution is 2.35. The first-order chi connectivity index (χ1) is 13.0. The SMILES string of the molecule is [2H]C1(n2cc3cc(-c4ccc(C)cn4)c(OC)cc3n2)CCC(CO)CC1. The molecular weight excluding hydrogens is 326 g/mol. The first kappa shape index (κ1) is 15.8. The predicted octanol–water partition coefficient (Wildman–Crippen LogP) is 4.14. The van der Waals surface area contributed by atoms with Crippen molar-refractivity contribution >= 4 is 10.9 Å². The highest BCUT2D eigenvalue weighted by molar-refractivity contribution is 5.87. The normalized spacial score (nSPS) is 23.8. The maximum atomic E-state index is 9.36. The van der Waals surface area contributed by atoms with Gasteiger partial charge in [0.2, 0.25) is 0 Å². The Kier molecular flexibility index (Phi) is 4.31. The summed E-state index contributed by atoms with van der Waals surface area (Å²) in [6, 6.07) is 7.24. The van der Waals surface area contributed by atoms with Crippen LogP contribution in [0.1, 0.15) is 38.6 Å². The van der Waals surface area contributed by atoms with Crippen molar-refractivity contribution in [3.63, 3.8) is 0 Å². The molecule has 1 aliphatic carbocycles. The van der Waals surface area contributed by atoms with E-state index in [4.69, 9.17) is 6.11 Å². The molecule has 2 aromatic heterocycles. The number of methoxy groups -OCH3 is 1. The van der Waals surface area contributed by atoms with Crippen LogP contribution in [0.25, 0.3) is 22.2 Å². The van der Waals surface area contributed by atoms with Gasteiger partial charge in [-0.15, -0.1) is 0 Å². The number of fused-ring (bicyclic) bond motifs is 1. The quantitative estimate of drug-likeness (QED) is 0.767. The third-order valence-corrected chi connectivity index (χ3v) is 5.28. The van der Waals surface area contributed by atoms with Crippen LogP contribution < -0.4 is 4.74 Å². The zero-order valence-electron chi connectivity index (χ0n) is 16.3. The summed E-state index contributed by atoms with van der Waals surface area (Å²) < 4.78 is 16.2. The number of hydrogen-bond donors (Lipinski definition) is 1. The van der Waals surface area contributed by atoms with E-state index >= 15 is 0 Å². The molecule has 26 heavy (non-hydrogen) atoms. The van der Waals surface area contributed by atoms with Gasteiger partial charge in [0, 0.05) is 36.0 Å². The van der Waals surface area contributed by atoms with E-state index < -0.39 is 6.02 Å². The van der Waals surface area contributed by atoms with Gasteiger partial charge in [-0.25, -0.2) is 0 Å². The van der Waals surface area contributed by atoms with Gasteiger partial charge in [0.05, 0.1) is 25.7 Å². The lowest BCUT2D eigenvalue weighted by atomic mass is 9.87. The van der Waals surface area contributed by atoms with Gasteiger partial charge in [0.15, 0.2) is 0 Å². The average molecular weight is 352 g/mol. The molecular formula is C21H25N3O2. The zero-order chi connectivity index (χ0) is 19.0. The van der Waals surface area contributed by atoms with Gasteiger partial charge < -0.3 is 9.84 Å². The number of aliphatic hydroxyl groups is 1. The van der Waals surface area contributed by atoms with Gasteiger partial charge in [-0.2, -0.15) is 5.10 Å². The molecule has 0 atom stereocenters. The summed E-state index contributed by atoms with van der Waals surface area (Å²) in [4.78, 5) is 4.52. The Morgan fingerprint density at radius 3 is 2.73 bits per heavy atom. The number of aromatic nitrogens is 3. The van der Waals surface area contributed by atoms with Crippen LogP contribution in [-0.4, -0.2) is 33.6 Å². The van der Waals surface area contributed by atoms with Crippen LogP contribution in [0.2, 0.25) is 0 Å². The molecule has 1 saturated carbocycles. The standard InChI is InChI=1S/C21H25N3O2/c1-14-3-8-19(22-11-14)18-9-16-12-24(23-20(16)10-21(18)26-2)17-6-4-15(13-25)5-7-17/h3,8-12,15,17,25H,4-7,13H2,1-2H3/i17D. The third-order valence-electron chi connectivity index (χ3n) is 5.28. The fourth-order valence-electron chi connectivity index (χ4n) is 3.63. The number of ether oxygens (including phenoxy) is 1. The Morgan fingerprint density at radius 2 is 2.08 bits per heavy atom. The summed E-state index contributed by atoms with van der Waals surface area (Å²) in [5, 5.41) is 15.0. The summed E-state index contributed by atoms with van der Waals surface area (Å²) in [5.41, 5.74) is 3.71. The van der Waals surface area contributed by atoms with Gasteiger partial charge >= 0.3 is 0 Å². The van der Waals surface area contributed by atoms with Gasteiger partial charge in [-0.3, -0.25) is 9.67 Å². The lowest BCUT2D eigenvalue weighted by molar-refractivity contribution is 0.165. The number of nitrogens with zero attached hydrogens (tertiary/aromatic N) is 3. The first-order valence-electron chi connectivity index (χ1n) is 9.64. The van der Waals surface area contributed by atoms with Crippen molar-refractivity contribution in [1.82, 2.24) is 14.8 Å². The Balaban J connectivity index is 1.73. The van der Waals surface area contributed by atoms with Gasteiger partial charge in [-0.05, 0) is 56.2 Å². The average Bonchev–Trinajstić information content (AvgIpc) is 3.12. The van der Waals surface area contributed by atoms with Crippen molar-refractivity contribution in [1.29, 1.82) is 0 Å². The van der Waals surface area contributed by atoms with E-state index in [-0.39, 0.29) is 6.61 Å². The number of aliphatic hydroxyl groups excluding tert-OH is 1. The van der Waals surface area contributed by atoms with Gasteiger partial charge in [0.25, 0.3) is 0 Å². The molecule has 0 saturated heterocycles. The summed E-state index contributed by atoms with van der Waals surface area (Å²) in [5.74, 6) is 1.04. The highest BCUT2D eigenvalue weighted by Gasteiger charge is 2.23. The summed E-state index contributed by atoms with van der Waals surface area (Å²) >= 11 is 0. The molecule has 5 heteroatoms. The molecule has 1 aliphatic rings. The van der Waals surface area contributed by atoms with Crippen LogP contribution >= 0.6 is 0 Å². The monoisotopic (exact) mass is 352 g/mol. The minimum absolute atomic E-state index is 0.210. The number of hydrogen-bond acceptors (Lipinski definition) is 4. The van der Waals surface area contributed by atoms with E-state index in [9.17, 15) is 5.11 Å². The maximum Gasteiger partial charge on any atom is 0.130 e. The molecule has 1 fully saturated rings. The van der Waals surface area contributed by atoms with E-state index in [1.165, 1.54) is 0 Å². The van der Waals surface area contributed by atoms with Gasteiger partial charge in [0.1, 0.15) is 5.75 Å². The first-order valence-corrected chi connectivity index (χ1v) is 9.14. The predicted molar refractivity (Wildman–Crippen MR) is 102 cm³/mol. The maximum absolute atomic E-state index is 9.36. The van der Waals surface area contributed by atoms with E-state index in [2.05, 4.69) is 10.1 Å². The minimum Gasteiger partial charge on any atom is -0.496 e. The molecule has 4 rings (SSSR count). The molecule has 0 amide bonds. The number of rotatable bonds is 4. The fourth-order valence-corrected chi connectivity index (χ4v) is 3.63. The topological polar surface area (TPSA) is 60.2 Å². The molecule has 1 N–H and O–H groups in total. The summed E-state index contributed by atoms with van der Waals surface area (Å²) in [7, 11) is 1.65. The molecule has 1 aromatic carbocycles. The van der Waals surface area contributed by atoms with E-state index in [0.717, 1.165) is 46.3 Å².